The lowest BCUT2D eigenvalue weighted by Crippen LogP contribution is -2.30. The second-order valence-corrected chi connectivity index (χ2v) is 6.12. The van der Waals surface area contributed by atoms with Crippen molar-refractivity contribution in [2.24, 2.45) is 0 Å². The monoisotopic (exact) mass is 325 g/mol. The fraction of sp³-hybridized carbons (Fsp3) is 0.400. The number of halogens is 2. The molecule has 21 heavy (non-hydrogen) atoms. The van der Waals surface area contributed by atoms with E-state index in [0.717, 1.165) is 43.2 Å². The van der Waals surface area contributed by atoms with Crippen molar-refractivity contribution in [3.05, 3.63) is 39.6 Å². The Morgan fingerprint density at radius 1 is 1.19 bits per heavy atom. The Bertz CT molecular complexity index is 649. The van der Waals surface area contributed by atoms with Crippen molar-refractivity contribution in [2.45, 2.75) is 26.4 Å². The van der Waals surface area contributed by atoms with Gasteiger partial charge in [-0.1, -0.05) is 30.1 Å². The lowest BCUT2D eigenvalue weighted by molar-refractivity contribution is 0.254. The maximum atomic E-state index is 6.07. The Kier molecular flexibility index (Phi) is 4.11. The van der Waals surface area contributed by atoms with Gasteiger partial charge < -0.3 is 4.74 Å². The first-order valence-electron chi connectivity index (χ1n) is 6.98. The molecule has 1 aromatic heterocycles. The summed E-state index contributed by atoms with van der Waals surface area (Å²) in [6.45, 7) is 4.80. The highest BCUT2D eigenvalue weighted by atomic mass is 35.5. The van der Waals surface area contributed by atoms with Crippen LogP contribution in [0.3, 0.4) is 0 Å². The number of ether oxygens (including phenoxy) is 1. The first-order chi connectivity index (χ1) is 10.1. The molecule has 112 valence electrons. The number of nitrogens with zero attached hydrogens (tertiary/aromatic N) is 3. The third-order valence-electron chi connectivity index (χ3n) is 3.58. The maximum Gasteiger partial charge on any atom is 0.173 e. The normalized spacial score (nSPS) is 15.0. The van der Waals surface area contributed by atoms with Gasteiger partial charge in [-0.25, -0.2) is 0 Å². The molecular weight excluding hydrogens is 309 g/mol. The van der Waals surface area contributed by atoms with Crippen molar-refractivity contribution in [3.8, 4) is 11.5 Å². The average molecular weight is 326 g/mol. The van der Waals surface area contributed by atoms with Gasteiger partial charge in [0, 0.05) is 23.1 Å². The number of rotatable bonds is 3. The van der Waals surface area contributed by atoms with E-state index in [0.29, 0.717) is 15.8 Å². The number of likely N-dealkylation sites (N-methyl/N-ethyl adjacent to an activating group) is 1. The Morgan fingerprint density at radius 2 is 1.90 bits per heavy atom. The molecule has 2 heterocycles. The van der Waals surface area contributed by atoms with Crippen LogP contribution in [0.15, 0.2) is 18.2 Å². The van der Waals surface area contributed by atoms with Crippen molar-refractivity contribution in [1.29, 1.82) is 0 Å². The highest BCUT2D eigenvalue weighted by Crippen LogP contribution is 2.34. The molecule has 0 saturated heterocycles. The molecule has 0 atom stereocenters. The molecular formula is C15H17Cl2N3O. The minimum Gasteiger partial charge on any atom is -0.453 e. The molecule has 0 radical (unpaired) electrons. The molecule has 1 aliphatic rings. The van der Waals surface area contributed by atoms with Gasteiger partial charge in [-0.3, -0.25) is 9.58 Å². The molecule has 0 aliphatic carbocycles. The van der Waals surface area contributed by atoms with Crippen molar-refractivity contribution in [2.75, 3.05) is 13.6 Å². The van der Waals surface area contributed by atoms with Crippen LogP contribution in [-0.4, -0.2) is 28.3 Å². The molecule has 0 fully saturated rings. The van der Waals surface area contributed by atoms with E-state index in [2.05, 4.69) is 24.0 Å². The van der Waals surface area contributed by atoms with E-state index in [9.17, 15) is 0 Å². The van der Waals surface area contributed by atoms with Crippen LogP contribution in [0.4, 0.5) is 0 Å². The SMILES string of the molecule is CCc1nn2c(c1Oc1cc(Cl)cc(Cl)c1)CN(C)CC2. The maximum absolute atomic E-state index is 6.07. The lowest BCUT2D eigenvalue weighted by Gasteiger charge is -2.23. The molecule has 0 saturated carbocycles. The fourth-order valence-electron chi connectivity index (χ4n) is 2.53. The standard InChI is InChI=1S/C15H17Cl2N3O/c1-3-13-15(14-9-19(2)4-5-20(14)18-13)21-12-7-10(16)6-11(17)8-12/h6-8H,3-5,9H2,1-2H3. The largest absolute Gasteiger partial charge is 0.453 e. The number of hydrogen-bond acceptors (Lipinski definition) is 3. The smallest absolute Gasteiger partial charge is 0.173 e. The molecule has 0 amide bonds. The van der Waals surface area contributed by atoms with Crippen LogP contribution >= 0.6 is 23.2 Å². The summed E-state index contributed by atoms with van der Waals surface area (Å²) in [6, 6.07) is 5.23. The van der Waals surface area contributed by atoms with Crippen LogP contribution in [0, 0.1) is 0 Å². The Hall–Kier alpha value is -1.23. The Labute approximate surface area is 134 Å². The zero-order valence-corrected chi connectivity index (χ0v) is 13.6. The molecule has 0 bridgehead atoms. The molecule has 1 aromatic carbocycles. The Balaban J connectivity index is 1.99. The summed E-state index contributed by atoms with van der Waals surface area (Å²) in [7, 11) is 2.10. The van der Waals surface area contributed by atoms with Crippen LogP contribution in [0.1, 0.15) is 18.3 Å². The summed E-state index contributed by atoms with van der Waals surface area (Å²) in [6.07, 6.45) is 0.827. The van der Waals surface area contributed by atoms with Gasteiger partial charge in [0.25, 0.3) is 0 Å². The summed E-state index contributed by atoms with van der Waals surface area (Å²) in [5, 5.41) is 5.77. The van der Waals surface area contributed by atoms with Gasteiger partial charge >= 0.3 is 0 Å². The molecule has 4 nitrogen and oxygen atoms in total. The van der Waals surface area contributed by atoms with Gasteiger partial charge in [-0.15, -0.1) is 0 Å². The van der Waals surface area contributed by atoms with Crippen LogP contribution in [0.5, 0.6) is 11.5 Å². The van der Waals surface area contributed by atoms with E-state index in [1.807, 2.05) is 4.68 Å². The first-order valence-corrected chi connectivity index (χ1v) is 7.73. The molecule has 6 heteroatoms. The third-order valence-corrected chi connectivity index (χ3v) is 4.02. The highest BCUT2D eigenvalue weighted by Gasteiger charge is 2.23. The lowest BCUT2D eigenvalue weighted by atomic mass is 10.2. The molecule has 0 spiro atoms. The minimum absolute atomic E-state index is 0.564. The predicted octanol–water partition coefficient (Wildman–Crippen LogP) is 3.99. The number of hydrogen-bond donors (Lipinski definition) is 0. The summed E-state index contributed by atoms with van der Waals surface area (Å²) >= 11 is 12.1. The third kappa shape index (κ3) is 3.03. The molecule has 3 rings (SSSR count). The number of benzene rings is 1. The van der Waals surface area contributed by atoms with Gasteiger partial charge in [-0.05, 0) is 31.7 Å². The second kappa shape index (κ2) is 5.87. The number of aromatic nitrogens is 2. The number of aryl methyl sites for hydroxylation is 1. The zero-order valence-electron chi connectivity index (χ0n) is 12.1. The van der Waals surface area contributed by atoms with Gasteiger partial charge in [0.15, 0.2) is 5.75 Å². The molecule has 2 aromatic rings. The average Bonchev–Trinajstić information content (AvgIpc) is 2.75. The van der Waals surface area contributed by atoms with Gasteiger partial charge in [0.2, 0.25) is 0 Å². The fourth-order valence-corrected chi connectivity index (χ4v) is 3.03. The van der Waals surface area contributed by atoms with E-state index in [-0.39, 0.29) is 0 Å². The first kappa shape index (κ1) is 14.7. The van der Waals surface area contributed by atoms with Crippen LogP contribution in [0.25, 0.3) is 0 Å². The molecule has 0 N–H and O–H groups in total. The summed E-state index contributed by atoms with van der Waals surface area (Å²) in [5.41, 5.74) is 2.08. The van der Waals surface area contributed by atoms with E-state index < -0.39 is 0 Å². The summed E-state index contributed by atoms with van der Waals surface area (Å²) in [5.74, 6) is 1.48. The molecule has 1 aliphatic heterocycles. The zero-order chi connectivity index (χ0) is 15.0. The van der Waals surface area contributed by atoms with Crippen LogP contribution in [0.2, 0.25) is 10.0 Å². The molecule has 0 unspecified atom stereocenters. The topological polar surface area (TPSA) is 30.3 Å². The predicted molar refractivity (Wildman–Crippen MR) is 84.5 cm³/mol. The summed E-state index contributed by atoms with van der Waals surface area (Å²) in [4.78, 5) is 2.26. The second-order valence-electron chi connectivity index (χ2n) is 5.24. The van der Waals surface area contributed by atoms with Crippen molar-refractivity contribution in [3.63, 3.8) is 0 Å². The van der Waals surface area contributed by atoms with Gasteiger partial charge in [0.1, 0.15) is 11.4 Å². The van der Waals surface area contributed by atoms with Crippen molar-refractivity contribution >= 4 is 23.2 Å². The van der Waals surface area contributed by atoms with Crippen molar-refractivity contribution in [1.82, 2.24) is 14.7 Å². The Morgan fingerprint density at radius 3 is 2.57 bits per heavy atom. The van der Waals surface area contributed by atoms with Crippen LogP contribution < -0.4 is 4.74 Å². The quantitative estimate of drug-likeness (QED) is 0.854. The highest BCUT2D eigenvalue weighted by molar-refractivity contribution is 6.34. The number of fused-ring (bicyclic) bond motifs is 1. The van der Waals surface area contributed by atoms with Gasteiger partial charge in [-0.2, -0.15) is 5.10 Å². The minimum atomic E-state index is 0.564. The van der Waals surface area contributed by atoms with E-state index in [1.165, 1.54) is 0 Å². The van der Waals surface area contributed by atoms with E-state index in [1.54, 1.807) is 18.2 Å². The van der Waals surface area contributed by atoms with E-state index in [4.69, 9.17) is 27.9 Å². The summed E-state index contributed by atoms with van der Waals surface area (Å²) < 4.78 is 8.11. The van der Waals surface area contributed by atoms with Crippen LogP contribution in [-0.2, 0) is 19.5 Å². The van der Waals surface area contributed by atoms with E-state index >= 15 is 0 Å². The van der Waals surface area contributed by atoms with Gasteiger partial charge in [0.05, 0.1) is 12.2 Å². The van der Waals surface area contributed by atoms with Crippen molar-refractivity contribution < 1.29 is 4.74 Å².